The number of halogens is 1. The van der Waals surface area contributed by atoms with E-state index in [-0.39, 0.29) is 30.6 Å². The van der Waals surface area contributed by atoms with Crippen LogP contribution in [0.25, 0.3) is 0 Å². The summed E-state index contributed by atoms with van der Waals surface area (Å²) in [5, 5.41) is 3.52. The SMILES string of the molecule is C[C@@H](OC(=O)CCC(=O)c1ccc(Cl)cc1)C(=O)N[C@H]1CCCc2ccccc21. The molecule has 0 fully saturated rings. The molecule has 2 aromatic carbocycles. The topological polar surface area (TPSA) is 72.5 Å². The van der Waals surface area contributed by atoms with Crippen molar-refractivity contribution in [3.63, 3.8) is 0 Å². The Morgan fingerprint density at radius 2 is 1.83 bits per heavy atom. The smallest absolute Gasteiger partial charge is 0.307 e. The minimum Gasteiger partial charge on any atom is -0.453 e. The number of Topliss-reactive ketones (excluding diaryl/α,β-unsaturated/α-hetero) is 1. The summed E-state index contributed by atoms with van der Waals surface area (Å²) in [7, 11) is 0. The van der Waals surface area contributed by atoms with Crippen molar-refractivity contribution < 1.29 is 19.1 Å². The van der Waals surface area contributed by atoms with Crippen molar-refractivity contribution in [3.8, 4) is 0 Å². The van der Waals surface area contributed by atoms with Gasteiger partial charge in [-0.05, 0) is 61.6 Å². The predicted molar refractivity (Wildman–Crippen MR) is 111 cm³/mol. The Labute approximate surface area is 175 Å². The molecule has 0 aromatic heterocycles. The number of ether oxygens (including phenoxy) is 1. The number of ketones is 1. The van der Waals surface area contributed by atoms with Crippen LogP contribution in [-0.2, 0) is 20.7 Å². The molecular formula is C23H24ClNO4. The van der Waals surface area contributed by atoms with E-state index in [1.807, 2.05) is 18.2 Å². The van der Waals surface area contributed by atoms with Gasteiger partial charge in [0.1, 0.15) is 0 Å². The van der Waals surface area contributed by atoms with E-state index >= 15 is 0 Å². The van der Waals surface area contributed by atoms with E-state index in [1.54, 1.807) is 31.2 Å². The Morgan fingerprint density at radius 3 is 2.59 bits per heavy atom. The second kappa shape index (κ2) is 9.70. The number of aryl methyl sites for hydroxylation is 1. The highest BCUT2D eigenvalue weighted by atomic mass is 35.5. The first-order valence-electron chi connectivity index (χ1n) is 9.80. The van der Waals surface area contributed by atoms with Crippen molar-refractivity contribution >= 4 is 29.3 Å². The summed E-state index contributed by atoms with van der Waals surface area (Å²) < 4.78 is 5.22. The second-order valence-electron chi connectivity index (χ2n) is 7.21. The van der Waals surface area contributed by atoms with E-state index in [0.29, 0.717) is 10.6 Å². The Kier molecular flexibility index (Phi) is 7.04. The number of esters is 1. The molecule has 1 aliphatic carbocycles. The highest BCUT2D eigenvalue weighted by Gasteiger charge is 2.25. The van der Waals surface area contributed by atoms with E-state index in [0.717, 1.165) is 24.8 Å². The molecule has 6 heteroatoms. The summed E-state index contributed by atoms with van der Waals surface area (Å²) in [6.07, 6.45) is 1.90. The fourth-order valence-corrected chi connectivity index (χ4v) is 3.62. The van der Waals surface area contributed by atoms with E-state index in [1.165, 1.54) is 5.56 Å². The van der Waals surface area contributed by atoms with Gasteiger partial charge in [0, 0.05) is 17.0 Å². The Hall–Kier alpha value is -2.66. The molecule has 0 bridgehead atoms. The number of amides is 1. The van der Waals surface area contributed by atoms with Gasteiger partial charge in [0.25, 0.3) is 5.91 Å². The monoisotopic (exact) mass is 413 g/mol. The molecule has 0 spiro atoms. The van der Waals surface area contributed by atoms with E-state index in [9.17, 15) is 14.4 Å². The van der Waals surface area contributed by atoms with Gasteiger partial charge in [-0.2, -0.15) is 0 Å². The molecule has 0 aliphatic heterocycles. The molecule has 0 unspecified atom stereocenters. The summed E-state index contributed by atoms with van der Waals surface area (Å²) in [5.74, 6) is -1.07. The van der Waals surface area contributed by atoms with Gasteiger partial charge in [0.05, 0.1) is 12.5 Å². The number of carbonyl (C=O) groups is 3. The zero-order valence-corrected chi connectivity index (χ0v) is 17.1. The van der Waals surface area contributed by atoms with Gasteiger partial charge >= 0.3 is 5.97 Å². The molecule has 0 saturated heterocycles. The van der Waals surface area contributed by atoms with Gasteiger partial charge in [0.15, 0.2) is 11.9 Å². The Balaban J connectivity index is 1.47. The normalized spacial score (nSPS) is 16.4. The number of nitrogens with one attached hydrogen (secondary N) is 1. The Bertz CT molecular complexity index is 894. The van der Waals surface area contributed by atoms with Crippen LogP contribution in [0.1, 0.15) is 60.1 Å². The maximum Gasteiger partial charge on any atom is 0.307 e. The Morgan fingerprint density at radius 1 is 1.10 bits per heavy atom. The van der Waals surface area contributed by atoms with E-state index in [2.05, 4.69) is 11.4 Å². The maximum absolute atomic E-state index is 12.5. The molecule has 1 N–H and O–H groups in total. The highest BCUT2D eigenvalue weighted by Crippen LogP contribution is 2.29. The third-order valence-corrected chi connectivity index (χ3v) is 5.34. The average Bonchev–Trinajstić information content (AvgIpc) is 2.72. The average molecular weight is 414 g/mol. The van der Waals surface area contributed by atoms with Crippen LogP contribution >= 0.6 is 11.6 Å². The molecule has 2 aromatic rings. The van der Waals surface area contributed by atoms with Crippen LogP contribution in [0.5, 0.6) is 0 Å². The first-order chi connectivity index (χ1) is 13.9. The highest BCUT2D eigenvalue weighted by molar-refractivity contribution is 6.30. The first kappa shape index (κ1) is 21.1. The van der Waals surface area contributed by atoms with Gasteiger partial charge < -0.3 is 10.1 Å². The van der Waals surface area contributed by atoms with E-state index in [4.69, 9.17) is 16.3 Å². The van der Waals surface area contributed by atoms with Crippen LogP contribution in [-0.4, -0.2) is 23.8 Å². The third kappa shape index (κ3) is 5.67. The van der Waals surface area contributed by atoms with Crippen LogP contribution in [0, 0.1) is 0 Å². The lowest BCUT2D eigenvalue weighted by atomic mass is 9.87. The third-order valence-electron chi connectivity index (χ3n) is 5.09. The van der Waals surface area contributed by atoms with Crippen molar-refractivity contribution in [2.45, 2.75) is 51.2 Å². The minimum atomic E-state index is -0.915. The summed E-state index contributed by atoms with van der Waals surface area (Å²) in [5.41, 5.74) is 2.86. The van der Waals surface area contributed by atoms with Gasteiger partial charge in [-0.25, -0.2) is 0 Å². The lowest BCUT2D eigenvalue weighted by Crippen LogP contribution is -2.39. The number of fused-ring (bicyclic) bond motifs is 1. The number of rotatable bonds is 7. The van der Waals surface area contributed by atoms with Crippen molar-refractivity contribution in [3.05, 3.63) is 70.2 Å². The van der Waals surface area contributed by atoms with E-state index < -0.39 is 12.1 Å². The summed E-state index contributed by atoms with van der Waals surface area (Å²) in [6, 6.07) is 14.5. The number of benzene rings is 2. The largest absolute Gasteiger partial charge is 0.453 e. The fourth-order valence-electron chi connectivity index (χ4n) is 3.50. The van der Waals surface area contributed by atoms with Gasteiger partial charge in [-0.3, -0.25) is 14.4 Å². The molecular weight excluding hydrogens is 390 g/mol. The summed E-state index contributed by atoms with van der Waals surface area (Å²) in [4.78, 5) is 36.7. The fraction of sp³-hybridized carbons (Fsp3) is 0.348. The van der Waals surface area contributed by atoms with Crippen molar-refractivity contribution in [2.75, 3.05) is 0 Å². The van der Waals surface area contributed by atoms with Crippen LogP contribution in [0.3, 0.4) is 0 Å². The van der Waals surface area contributed by atoms with Crippen LogP contribution < -0.4 is 5.32 Å². The number of carbonyl (C=O) groups excluding carboxylic acids is 3. The number of hydrogen-bond donors (Lipinski definition) is 1. The molecule has 0 saturated carbocycles. The predicted octanol–water partition coefficient (Wildman–Crippen LogP) is 4.43. The lowest BCUT2D eigenvalue weighted by molar-refractivity contribution is -0.155. The molecule has 29 heavy (non-hydrogen) atoms. The number of hydrogen-bond acceptors (Lipinski definition) is 4. The molecule has 1 aliphatic rings. The molecule has 0 radical (unpaired) electrons. The van der Waals surface area contributed by atoms with Crippen molar-refractivity contribution in [1.82, 2.24) is 5.32 Å². The molecule has 152 valence electrons. The van der Waals surface area contributed by atoms with Gasteiger partial charge in [-0.15, -0.1) is 0 Å². The van der Waals surface area contributed by atoms with Crippen molar-refractivity contribution in [2.24, 2.45) is 0 Å². The zero-order valence-electron chi connectivity index (χ0n) is 16.3. The standard InChI is InChI=1S/C23H24ClNO4/c1-15(23(28)25-20-8-4-6-16-5-2-3-7-19(16)20)29-22(27)14-13-21(26)17-9-11-18(24)12-10-17/h2-3,5,7,9-12,15,20H,4,6,8,13-14H2,1H3,(H,25,28)/t15-,20+/m1/s1. The maximum atomic E-state index is 12.5. The molecule has 0 heterocycles. The van der Waals surface area contributed by atoms with Crippen molar-refractivity contribution in [1.29, 1.82) is 0 Å². The second-order valence-corrected chi connectivity index (χ2v) is 7.65. The minimum absolute atomic E-state index is 0.0187. The zero-order chi connectivity index (χ0) is 20.8. The lowest BCUT2D eigenvalue weighted by Gasteiger charge is -2.27. The molecule has 3 rings (SSSR count). The quantitative estimate of drug-likeness (QED) is 0.538. The van der Waals surface area contributed by atoms with Gasteiger partial charge in [-0.1, -0.05) is 35.9 Å². The van der Waals surface area contributed by atoms with Crippen LogP contribution in [0.15, 0.2) is 48.5 Å². The summed E-state index contributed by atoms with van der Waals surface area (Å²) in [6.45, 7) is 1.54. The molecule has 2 atom stereocenters. The van der Waals surface area contributed by atoms with Crippen LogP contribution in [0.4, 0.5) is 0 Å². The molecule has 5 nitrogen and oxygen atoms in total. The van der Waals surface area contributed by atoms with Gasteiger partial charge in [0.2, 0.25) is 0 Å². The molecule has 1 amide bonds. The van der Waals surface area contributed by atoms with Crippen LogP contribution in [0.2, 0.25) is 5.02 Å². The first-order valence-corrected chi connectivity index (χ1v) is 10.2. The summed E-state index contributed by atoms with van der Waals surface area (Å²) >= 11 is 5.81.